The molecule has 2 aromatic heterocycles. The first-order valence-electron chi connectivity index (χ1n) is 7.77. The van der Waals surface area contributed by atoms with E-state index in [-0.39, 0.29) is 11.7 Å². The molecule has 0 unspecified atom stereocenters. The number of ether oxygens (including phenoxy) is 1. The van der Waals surface area contributed by atoms with E-state index in [2.05, 4.69) is 16.4 Å². The minimum Gasteiger partial charge on any atom is -0.465 e. The van der Waals surface area contributed by atoms with Gasteiger partial charge in [0.1, 0.15) is 16.1 Å². The lowest BCUT2D eigenvalue weighted by molar-refractivity contribution is -0.113. The van der Waals surface area contributed by atoms with Crippen LogP contribution >= 0.6 is 23.1 Å². The number of rotatable bonds is 5. The average molecular weight is 390 g/mol. The van der Waals surface area contributed by atoms with Crippen LogP contribution in [0.4, 0.5) is 5.00 Å². The van der Waals surface area contributed by atoms with Gasteiger partial charge < -0.3 is 10.1 Å². The van der Waals surface area contributed by atoms with E-state index in [0.29, 0.717) is 21.2 Å². The summed E-state index contributed by atoms with van der Waals surface area (Å²) < 4.78 is 4.80. The van der Waals surface area contributed by atoms with Gasteiger partial charge in [0.15, 0.2) is 0 Å². The molecular formula is C18H19N3O3S2. The maximum atomic E-state index is 12.4. The van der Waals surface area contributed by atoms with Crippen molar-refractivity contribution in [1.82, 2.24) is 4.98 Å². The van der Waals surface area contributed by atoms with Crippen molar-refractivity contribution in [1.29, 1.82) is 5.26 Å². The van der Waals surface area contributed by atoms with Crippen molar-refractivity contribution in [2.45, 2.75) is 32.7 Å². The van der Waals surface area contributed by atoms with E-state index in [0.717, 1.165) is 21.7 Å². The normalized spacial score (nSPS) is 10.3. The van der Waals surface area contributed by atoms with Crippen LogP contribution in [0.25, 0.3) is 0 Å². The first-order chi connectivity index (χ1) is 12.3. The molecule has 0 fully saturated rings. The van der Waals surface area contributed by atoms with Crippen molar-refractivity contribution >= 4 is 40.0 Å². The molecule has 1 amide bonds. The minimum absolute atomic E-state index is 0.0845. The third-order valence-electron chi connectivity index (χ3n) is 3.79. The van der Waals surface area contributed by atoms with Gasteiger partial charge in [-0.05, 0) is 44.9 Å². The van der Waals surface area contributed by atoms with Crippen molar-refractivity contribution in [2.75, 3.05) is 18.2 Å². The lowest BCUT2D eigenvalue weighted by Crippen LogP contribution is -2.16. The number of nitriles is 1. The maximum Gasteiger partial charge on any atom is 0.341 e. The third-order valence-corrected chi connectivity index (χ3v) is 5.89. The molecule has 0 spiro atoms. The molecule has 2 rings (SSSR count). The fourth-order valence-corrected chi connectivity index (χ4v) is 4.37. The molecule has 26 heavy (non-hydrogen) atoms. The number of pyridine rings is 1. The highest BCUT2D eigenvalue weighted by atomic mass is 32.2. The summed E-state index contributed by atoms with van der Waals surface area (Å²) in [6.45, 7) is 7.39. The van der Waals surface area contributed by atoms with E-state index in [9.17, 15) is 14.9 Å². The zero-order chi connectivity index (χ0) is 19.4. The quantitative estimate of drug-likeness (QED) is 0.618. The first-order valence-corrected chi connectivity index (χ1v) is 9.58. The van der Waals surface area contributed by atoms with Crippen LogP contribution in [-0.2, 0) is 9.53 Å². The molecule has 8 heteroatoms. The zero-order valence-corrected chi connectivity index (χ0v) is 16.9. The summed E-state index contributed by atoms with van der Waals surface area (Å²) in [7, 11) is 1.31. The highest BCUT2D eigenvalue weighted by molar-refractivity contribution is 8.00. The Kier molecular flexibility index (Phi) is 6.40. The van der Waals surface area contributed by atoms with Crippen molar-refractivity contribution in [3.8, 4) is 6.07 Å². The van der Waals surface area contributed by atoms with Gasteiger partial charge >= 0.3 is 5.97 Å². The van der Waals surface area contributed by atoms with Gasteiger partial charge in [0, 0.05) is 10.6 Å². The third kappa shape index (κ3) is 4.23. The van der Waals surface area contributed by atoms with Gasteiger partial charge in [-0.25, -0.2) is 9.78 Å². The fraction of sp³-hybridized carbons (Fsp3) is 0.333. The number of nitrogens with zero attached hydrogens (tertiary/aromatic N) is 2. The van der Waals surface area contributed by atoms with Gasteiger partial charge in [0.2, 0.25) is 5.91 Å². The van der Waals surface area contributed by atoms with Crippen LogP contribution in [0.5, 0.6) is 0 Å². The summed E-state index contributed by atoms with van der Waals surface area (Å²) in [6.07, 6.45) is 0. The van der Waals surface area contributed by atoms with Gasteiger partial charge in [-0.2, -0.15) is 5.26 Å². The van der Waals surface area contributed by atoms with Crippen LogP contribution in [-0.4, -0.2) is 29.7 Å². The number of methoxy groups -OCH3 is 1. The molecule has 0 aliphatic carbocycles. The van der Waals surface area contributed by atoms with Crippen molar-refractivity contribution in [2.24, 2.45) is 0 Å². The summed E-state index contributed by atoms with van der Waals surface area (Å²) >= 11 is 2.54. The van der Waals surface area contributed by atoms with Crippen LogP contribution in [0.15, 0.2) is 11.1 Å². The Balaban J connectivity index is 2.16. The van der Waals surface area contributed by atoms with Crippen LogP contribution in [0.2, 0.25) is 0 Å². The molecule has 136 valence electrons. The second-order valence-corrected chi connectivity index (χ2v) is 7.88. The van der Waals surface area contributed by atoms with Crippen LogP contribution in [0.1, 0.15) is 37.6 Å². The highest BCUT2D eigenvalue weighted by Gasteiger charge is 2.22. The second kappa shape index (κ2) is 8.34. The Bertz CT molecular complexity index is 913. The Morgan fingerprint density at radius 3 is 2.65 bits per heavy atom. The van der Waals surface area contributed by atoms with E-state index in [4.69, 9.17) is 4.74 Å². The molecule has 0 saturated carbocycles. The smallest absolute Gasteiger partial charge is 0.341 e. The molecule has 0 aliphatic rings. The summed E-state index contributed by atoms with van der Waals surface area (Å²) in [5.41, 5.74) is 3.29. The SMILES string of the molecule is COC(=O)c1c(NC(=O)CSc2nc(C)cc(C)c2C#N)sc(C)c1C. The number of amides is 1. The second-order valence-electron chi connectivity index (χ2n) is 5.69. The molecule has 6 nitrogen and oxygen atoms in total. The van der Waals surface area contributed by atoms with Crippen LogP contribution in [0.3, 0.4) is 0 Å². The number of aryl methyl sites for hydroxylation is 3. The number of anilines is 1. The first kappa shape index (κ1) is 19.9. The summed E-state index contributed by atoms with van der Waals surface area (Å²) in [4.78, 5) is 29.6. The van der Waals surface area contributed by atoms with E-state index < -0.39 is 5.97 Å². The lowest BCUT2D eigenvalue weighted by Gasteiger charge is -2.08. The van der Waals surface area contributed by atoms with Crippen LogP contribution in [0, 0.1) is 39.0 Å². The number of carbonyl (C=O) groups is 2. The summed E-state index contributed by atoms with van der Waals surface area (Å²) in [5, 5.41) is 13.1. The minimum atomic E-state index is -0.474. The Hall–Kier alpha value is -2.37. The van der Waals surface area contributed by atoms with Crippen molar-refractivity contribution < 1.29 is 14.3 Å². The molecule has 0 saturated heterocycles. The Morgan fingerprint density at radius 2 is 2.04 bits per heavy atom. The van der Waals surface area contributed by atoms with E-state index in [1.807, 2.05) is 33.8 Å². The molecule has 0 atom stereocenters. The van der Waals surface area contributed by atoms with E-state index >= 15 is 0 Å². The van der Waals surface area contributed by atoms with Crippen molar-refractivity contribution in [3.05, 3.63) is 38.9 Å². The van der Waals surface area contributed by atoms with Gasteiger partial charge in [-0.15, -0.1) is 11.3 Å². The topological polar surface area (TPSA) is 92.1 Å². The van der Waals surface area contributed by atoms with Gasteiger partial charge in [-0.3, -0.25) is 4.79 Å². The number of aromatic nitrogens is 1. The molecule has 2 heterocycles. The average Bonchev–Trinajstić information content (AvgIpc) is 2.85. The highest BCUT2D eigenvalue weighted by Crippen LogP contribution is 2.33. The predicted molar refractivity (Wildman–Crippen MR) is 103 cm³/mol. The number of esters is 1. The Morgan fingerprint density at radius 1 is 1.35 bits per heavy atom. The number of hydrogen-bond acceptors (Lipinski definition) is 7. The van der Waals surface area contributed by atoms with Crippen LogP contribution < -0.4 is 5.32 Å². The largest absolute Gasteiger partial charge is 0.465 e. The number of nitrogens with one attached hydrogen (secondary N) is 1. The molecule has 0 aliphatic heterocycles. The van der Waals surface area contributed by atoms with Crippen molar-refractivity contribution in [3.63, 3.8) is 0 Å². The number of thioether (sulfide) groups is 1. The monoisotopic (exact) mass is 389 g/mol. The number of hydrogen-bond donors (Lipinski definition) is 1. The van der Waals surface area contributed by atoms with E-state index in [1.165, 1.54) is 30.2 Å². The van der Waals surface area contributed by atoms with Gasteiger partial charge in [-0.1, -0.05) is 11.8 Å². The Labute approximate surface area is 160 Å². The van der Waals surface area contributed by atoms with Gasteiger partial charge in [0.05, 0.1) is 24.0 Å². The lowest BCUT2D eigenvalue weighted by atomic mass is 10.1. The zero-order valence-electron chi connectivity index (χ0n) is 15.2. The number of thiophene rings is 1. The summed E-state index contributed by atoms with van der Waals surface area (Å²) in [6, 6.07) is 3.97. The predicted octanol–water partition coefficient (Wildman–Crippen LogP) is 3.77. The molecule has 0 aromatic carbocycles. The molecule has 0 bridgehead atoms. The molecule has 0 radical (unpaired) electrons. The molecule has 2 aromatic rings. The maximum absolute atomic E-state index is 12.4. The van der Waals surface area contributed by atoms with E-state index in [1.54, 1.807) is 0 Å². The fourth-order valence-electron chi connectivity index (χ4n) is 2.40. The van der Waals surface area contributed by atoms with Gasteiger partial charge in [0.25, 0.3) is 0 Å². The molecule has 1 N–H and O–H groups in total. The number of carbonyl (C=O) groups excluding carboxylic acids is 2. The summed E-state index contributed by atoms with van der Waals surface area (Å²) in [5.74, 6) is -0.662. The standard InChI is InChI=1S/C18H19N3O3S2/c1-9-6-10(2)20-16(13(9)7-19)25-8-14(22)21-17-15(18(23)24-5)11(3)12(4)26-17/h6H,8H2,1-5H3,(H,21,22). The molecular weight excluding hydrogens is 370 g/mol.